The number of amides is 1. The molecule has 1 N–H and O–H groups in total. The van der Waals surface area contributed by atoms with Crippen LogP contribution in [0.25, 0.3) is 22.3 Å². The zero-order valence-corrected chi connectivity index (χ0v) is 21.3. The monoisotopic (exact) mass is 494 g/mol. The number of hydrogen-bond donors (Lipinski definition) is 1. The minimum absolute atomic E-state index is 0.0631. The highest BCUT2D eigenvalue weighted by molar-refractivity contribution is 5.94. The Balaban J connectivity index is 1.41. The SMILES string of the molecule is CN(CCOc1ccc2nc(-c3ccccc3)nc(Nc3ccc4c(c3)C=NC4)c2c1)CC(=O)N(C)C. The topological polar surface area (TPSA) is 83.0 Å². The first-order chi connectivity index (χ1) is 18.0. The molecule has 0 fully saturated rings. The summed E-state index contributed by atoms with van der Waals surface area (Å²) < 4.78 is 6.04. The van der Waals surface area contributed by atoms with Crippen molar-refractivity contribution >= 4 is 34.5 Å². The van der Waals surface area contributed by atoms with Crippen molar-refractivity contribution in [1.29, 1.82) is 0 Å². The Bertz CT molecular complexity index is 1450. The van der Waals surface area contributed by atoms with Gasteiger partial charge in [0, 0.05) is 43.5 Å². The Morgan fingerprint density at radius 3 is 2.65 bits per heavy atom. The Labute approximate surface area is 216 Å². The van der Waals surface area contributed by atoms with Crippen LogP contribution >= 0.6 is 0 Å². The van der Waals surface area contributed by atoms with Gasteiger partial charge in [-0.15, -0.1) is 0 Å². The minimum atomic E-state index is 0.0631. The van der Waals surface area contributed by atoms with Gasteiger partial charge in [0.2, 0.25) is 5.91 Å². The van der Waals surface area contributed by atoms with E-state index in [4.69, 9.17) is 14.7 Å². The first-order valence-electron chi connectivity index (χ1n) is 12.2. The second-order valence-corrected chi connectivity index (χ2v) is 9.32. The molecule has 3 aromatic carbocycles. The number of nitrogens with zero attached hydrogens (tertiary/aromatic N) is 5. The number of aliphatic imine (C=N–C) groups is 1. The van der Waals surface area contributed by atoms with Gasteiger partial charge >= 0.3 is 0 Å². The second kappa shape index (κ2) is 10.8. The van der Waals surface area contributed by atoms with Gasteiger partial charge in [-0.3, -0.25) is 14.7 Å². The molecule has 1 amide bonds. The Kier molecular flexibility index (Phi) is 7.09. The van der Waals surface area contributed by atoms with Gasteiger partial charge in [-0.2, -0.15) is 0 Å². The molecule has 8 heteroatoms. The molecule has 1 aliphatic rings. The number of fused-ring (bicyclic) bond motifs is 2. The zero-order chi connectivity index (χ0) is 25.8. The maximum Gasteiger partial charge on any atom is 0.236 e. The number of carbonyl (C=O) groups is 1. The molecule has 0 saturated carbocycles. The van der Waals surface area contributed by atoms with E-state index in [9.17, 15) is 4.79 Å². The summed E-state index contributed by atoms with van der Waals surface area (Å²) in [7, 11) is 5.43. The predicted molar refractivity (Wildman–Crippen MR) is 148 cm³/mol. The van der Waals surface area contributed by atoms with Crippen LogP contribution in [-0.4, -0.2) is 72.7 Å². The van der Waals surface area contributed by atoms with Crippen molar-refractivity contribution in [2.24, 2.45) is 4.99 Å². The third-order valence-electron chi connectivity index (χ3n) is 6.25. The predicted octanol–water partition coefficient (Wildman–Crippen LogP) is 4.37. The third-order valence-corrected chi connectivity index (χ3v) is 6.25. The van der Waals surface area contributed by atoms with E-state index in [0.717, 1.165) is 40.0 Å². The van der Waals surface area contributed by atoms with E-state index in [1.807, 2.05) is 66.7 Å². The van der Waals surface area contributed by atoms with E-state index in [0.29, 0.717) is 31.3 Å². The quantitative estimate of drug-likeness (QED) is 0.372. The molecular formula is C29H30N6O2. The van der Waals surface area contributed by atoms with Gasteiger partial charge in [0.25, 0.3) is 0 Å². The molecule has 2 heterocycles. The van der Waals surface area contributed by atoms with Crippen LogP contribution in [0.15, 0.2) is 71.7 Å². The van der Waals surface area contributed by atoms with Crippen LogP contribution < -0.4 is 10.1 Å². The second-order valence-electron chi connectivity index (χ2n) is 9.32. The molecule has 0 saturated heterocycles. The zero-order valence-electron chi connectivity index (χ0n) is 21.3. The normalized spacial score (nSPS) is 12.1. The molecular weight excluding hydrogens is 464 g/mol. The molecule has 5 rings (SSSR count). The fourth-order valence-electron chi connectivity index (χ4n) is 4.10. The standard InChI is InChI=1S/C29H30N6O2/c1-34(2)27(36)19-35(3)13-14-37-24-11-12-26-25(16-24)29(33-28(32-26)20-7-5-4-6-8-20)31-23-10-9-21-17-30-18-22(21)15-23/h4-12,15-16,18H,13-14,17,19H2,1-3H3,(H,31,32,33). The molecule has 0 bridgehead atoms. The van der Waals surface area contributed by atoms with Crippen molar-refractivity contribution in [3.63, 3.8) is 0 Å². The highest BCUT2D eigenvalue weighted by atomic mass is 16.5. The lowest BCUT2D eigenvalue weighted by atomic mass is 10.1. The number of anilines is 2. The average molecular weight is 495 g/mol. The Morgan fingerprint density at radius 2 is 1.84 bits per heavy atom. The summed E-state index contributed by atoms with van der Waals surface area (Å²) in [4.78, 5) is 29.5. The maximum atomic E-state index is 11.9. The highest BCUT2D eigenvalue weighted by Crippen LogP contribution is 2.31. The number of benzene rings is 3. The van der Waals surface area contributed by atoms with Crippen molar-refractivity contribution in [2.45, 2.75) is 6.54 Å². The van der Waals surface area contributed by atoms with Gasteiger partial charge in [-0.1, -0.05) is 36.4 Å². The van der Waals surface area contributed by atoms with E-state index in [1.165, 1.54) is 5.56 Å². The first-order valence-corrected chi connectivity index (χ1v) is 12.2. The highest BCUT2D eigenvalue weighted by Gasteiger charge is 2.14. The number of likely N-dealkylation sites (N-methyl/N-ethyl adjacent to an activating group) is 2. The van der Waals surface area contributed by atoms with Crippen LogP contribution in [0.1, 0.15) is 11.1 Å². The van der Waals surface area contributed by atoms with Crippen molar-refractivity contribution in [2.75, 3.05) is 46.2 Å². The smallest absolute Gasteiger partial charge is 0.236 e. The molecule has 188 valence electrons. The molecule has 37 heavy (non-hydrogen) atoms. The number of ether oxygens (including phenoxy) is 1. The molecule has 8 nitrogen and oxygen atoms in total. The third kappa shape index (κ3) is 5.76. The summed E-state index contributed by atoms with van der Waals surface area (Å²) in [6, 6.07) is 22.0. The van der Waals surface area contributed by atoms with Crippen molar-refractivity contribution in [3.05, 3.63) is 77.9 Å². The lowest BCUT2D eigenvalue weighted by molar-refractivity contribution is -0.129. The van der Waals surface area contributed by atoms with Gasteiger partial charge < -0.3 is 15.0 Å². The lowest BCUT2D eigenvalue weighted by Crippen LogP contribution is -2.36. The summed E-state index contributed by atoms with van der Waals surface area (Å²) in [5.41, 5.74) is 5.04. The van der Waals surface area contributed by atoms with Crippen molar-refractivity contribution in [3.8, 4) is 17.1 Å². The number of nitrogens with one attached hydrogen (secondary N) is 1. The first kappa shape index (κ1) is 24.4. The van der Waals surface area contributed by atoms with E-state index in [-0.39, 0.29) is 5.91 Å². The summed E-state index contributed by atoms with van der Waals surface area (Å²) in [6.45, 7) is 2.16. The average Bonchev–Trinajstić information content (AvgIpc) is 3.37. The van der Waals surface area contributed by atoms with E-state index >= 15 is 0 Å². The minimum Gasteiger partial charge on any atom is -0.492 e. The fraction of sp³-hybridized carbons (Fsp3) is 0.241. The largest absolute Gasteiger partial charge is 0.492 e. The van der Waals surface area contributed by atoms with Gasteiger partial charge in [-0.05, 0) is 48.5 Å². The van der Waals surface area contributed by atoms with Crippen LogP contribution in [0, 0.1) is 0 Å². The number of rotatable bonds is 9. The van der Waals surface area contributed by atoms with E-state index in [1.54, 1.807) is 19.0 Å². The molecule has 0 unspecified atom stereocenters. The van der Waals surface area contributed by atoms with Crippen molar-refractivity contribution in [1.82, 2.24) is 19.8 Å². The Hall–Kier alpha value is -4.30. The van der Waals surface area contributed by atoms with E-state index in [2.05, 4.69) is 28.5 Å². The molecule has 4 aromatic rings. The number of carbonyl (C=O) groups excluding carboxylic acids is 1. The molecule has 0 atom stereocenters. The van der Waals surface area contributed by atoms with Crippen LogP contribution in [0.2, 0.25) is 0 Å². The lowest BCUT2D eigenvalue weighted by Gasteiger charge is -2.19. The molecule has 0 radical (unpaired) electrons. The van der Waals surface area contributed by atoms with Crippen molar-refractivity contribution < 1.29 is 9.53 Å². The summed E-state index contributed by atoms with van der Waals surface area (Å²) in [5, 5.41) is 4.37. The van der Waals surface area contributed by atoms with Gasteiger partial charge in [-0.25, -0.2) is 9.97 Å². The van der Waals surface area contributed by atoms with Gasteiger partial charge in [0.1, 0.15) is 18.2 Å². The number of aromatic nitrogens is 2. The van der Waals surface area contributed by atoms with Crippen LogP contribution in [0.5, 0.6) is 5.75 Å². The van der Waals surface area contributed by atoms with Gasteiger partial charge in [0.05, 0.1) is 18.6 Å². The molecule has 0 aliphatic carbocycles. The molecule has 0 spiro atoms. The molecule has 1 aliphatic heterocycles. The van der Waals surface area contributed by atoms with E-state index < -0.39 is 0 Å². The Morgan fingerprint density at radius 1 is 1.00 bits per heavy atom. The summed E-state index contributed by atoms with van der Waals surface area (Å²) >= 11 is 0. The fourth-order valence-corrected chi connectivity index (χ4v) is 4.10. The molecule has 1 aromatic heterocycles. The van der Waals surface area contributed by atoms with Crippen LogP contribution in [0.3, 0.4) is 0 Å². The number of hydrogen-bond acceptors (Lipinski definition) is 7. The van der Waals surface area contributed by atoms with Crippen LogP contribution in [-0.2, 0) is 11.3 Å². The maximum absolute atomic E-state index is 11.9. The summed E-state index contributed by atoms with van der Waals surface area (Å²) in [6.07, 6.45) is 1.91. The summed E-state index contributed by atoms with van der Waals surface area (Å²) in [5.74, 6) is 2.14. The van der Waals surface area contributed by atoms with Crippen LogP contribution in [0.4, 0.5) is 11.5 Å². The van der Waals surface area contributed by atoms with Gasteiger partial charge in [0.15, 0.2) is 5.82 Å².